The molecule has 0 saturated carbocycles. The highest BCUT2D eigenvalue weighted by Gasteiger charge is 2.15. The van der Waals surface area contributed by atoms with Crippen LogP contribution < -0.4 is 11.1 Å². The van der Waals surface area contributed by atoms with E-state index in [0.717, 1.165) is 24.9 Å². The first kappa shape index (κ1) is 16.7. The number of nitrogens with one attached hydrogen (secondary N) is 1. The topological polar surface area (TPSA) is 89.3 Å². The molecule has 1 unspecified atom stereocenters. The smallest absolute Gasteiger partial charge is 0.236 e. The van der Waals surface area contributed by atoms with E-state index in [2.05, 4.69) is 5.32 Å². The SMILES string of the molecule is CSCCCCNC(=O)C(N)CCS(C)(=O)=O. The quantitative estimate of drug-likeness (QED) is 0.581. The van der Waals surface area contributed by atoms with Crippen molar-refractivity contribution in [1.82, 2.24) is 5.32 Å². The fourth-order valence-corrected chi connectivity index (χ4v) is 2.36. The second kappa shape index (κ2) is 8.77. The molecular weight excluding hydrogens is 260 g/mol. The normalized spacial score (nSPS) is 13.4. The number of thioether (sulfide) groups is 1. The van der Waals surface area contributed by atoms with Gasteiger partial charge >= 0.3 is 0 Å². The van der Waals surface area contributed by atoms with Crippen molar-refractivity contribution < 1.29 is 13.2 Å². The van der Waals surface area contributed by atoms with Crippen LogP contribution in [-0.4, -0.2) is 50.9 Å². The van der Waals surface area contributed by atoms with E-state index < -0.39 is 15.9 Å². The van der Waals surface area contributed by atoms with Gasteiger partial charge in [0.25, 0.3) is 0 Å². The molecule has 17 heavy (non-hydrogen) atoms. The van der Waals surface area contributed by atoms with E-state index in [4.69, 9.17) is 5.73 Å². The van der Waals surface area contributed by atoms with Crippen LogP contribution in [0.15, 0.2) is 0 Å². The van der Waals surface area contributed by atoms with Crippen LogP contribution in [-0.2, 0) is 14.6 Å². The fourth-order valence-electron chi connectivity index (χ4n) is 1.19. The maximum atomic E-state index is 11.5. The molecule has 7 heteroatoms. The standard InChI is InChI=1S/C10H22N2O3S2/c1-16-7-4-3-6-12-10(13)9(11)5-8-17(2,14)15/h9H,3-8,11H2,1-2H3,(H,12,13). The number of carbonyl (C=O) groups is 1. The lowest BCUT2D eigenvalue weighted by Crippen LogP contribution is -2.41. The molecule has 0 fully saturated rings. The summed E-state index contributed by atoms with van der Waals surface area (Å²) < 4.78 is 21.8. The van der Waals surface area contributed by atoms with E-state index in [1.54, 1.807) is 11.8 Å². The number of amides is 1. The van der Waals surface area contributed by atoms with Gasteiger partial charge in [0.15, 0.2) is 0 Å². The predicted octanol–water partition coefficient (Wildman–Crippen LogP) is 0.00780. The summed E-state index contributed by atoms with van der Waals surface area (Å²) in [5.41, 5.74) is 5.58. The van der Waals surface area contributed by atoms with Crippen LogP contribution in [0.5, 0.6) is 0 Å². The molecular formula is C10H22N2O3S2. The summed E-state index contributed by atoms with van der Waals surface area (Å²) in [7, 11) is -3.05. The number of carbonyl (C=O) groups excluding carboxylic acids is 1. The Hall–Kier alpha value is -0.270. The number of rotatable bonds is 9. The van der Waals surface area contributed by atoms with Gasteiger partial charge in [-0.3, -0.25) is 4.79 Å². The molecule has 3 N–H and O–H groups in total. The zero-order valence-corrected chi connectivity index (χ0v) is 12.1. The van der Waals surface area contributed by atoms with Gasteiger partial charge in [-0.05, 0) is 31.3 Å². The Bertz CT molecular complexity index is 318. The van der Waals surface area contributed by atoms with Crippen LogP contribution >= 0.6 is 11.8 Å². The van der Waals surface area contributed by atoms with Crippen molar-refractivity contribution in [3.8, 4) is 0 Å². The fraction of sp³-hybridized carbons (Fsp3) is 0.900. The van der Waals surface area contributed by atoms with Gasteiger partial charge in [0.1, 0.15) is 9.84 Å². The molecule has 0 bridgehead atoms. The second-order valence-electron chi connectivity index (χ2n) is 4.02. The minimum absolute atomic E-state index is 0.0476. The maximum Gasteiger partial charge on any atom is 0.236 e. The summed E-state index contributed by atoms with van der Waals surface area (Å²) in [5, 5.41) is 2.71. The molecule has 0 spiro atoms. The maximum absolute atomic E-state index is 11.5. The highest BCUT2D eigenvalue weighted by Crippen LogP contribution is 1.98. The van der Waals surface area contributed by atoms with Crippen molar-refractivity contribution in [1.29, 1.82) is 0 Å². The summed E-state index contributed by atoms with van der Waals surface area (Å²) in [4.78, 5) is 11.5. The van der Waals surface area contributed by atoms with Crippen molar-refractivity contribution in [3.63, 3.8) is 0 Å². The molecule has 1 atom stereocenters. The minimum atomic E-state index is -3.05. The first-order valence-electron chi connectivity index (χ1n) is 5.57. The average molecular weight is 282 g/mol. The first-order chi connectivity index (χ1) is 7.87. The molecule has 0 aliphatic carbocycles. The first-order valence-corrected chi connectivity index (χ1v) is 9.02. The number of hydrogen-bond acceptors (Lipinski definition) is 5. The van der Waals surface area contributed by atoms with Crippen LogP contribution in [0.25, 0.3) is 0 Å². The van der Waals surface area contributed by atoms with Gasteiger partial charge in [-0.1, -0.05) is 0 Å². The Balaban J connectivity index is 3.68. The number of hydrogen-bond donors (Lipinski definition) is 2. The Morgan fingerprint density at radius 2 is 2.06 bits per heavy atom. The van der Waals surface area contributed by atoms with Crippen molar-refractivity contribution in [3.05, 3.63) is 0 Å². The summed E-state index contributed by atoms with van der Waals surface area (Å²) >= 11 is 1.77. The van der Waals surface area contributed by atoms with Crippen molar-refractivity contribution in [2.24, 2.45) is 5.73 Å². The number of nitrogens with two attached hydrogens (primary N) is 1. The lowest BCUT2D eigenvalue weighted by atomic mass is 10.2. The molecule has 0 radical (unpaired) electrons. The molecule has 0 heterocycles. The molecule has 0 saturated heterocycles. The van der Waals surface area contributed by atoms with Crippen molar-refractivity contribution in [2.75, 3.05) is 30.6 Å². The number of sulfone groups is 1. The van der Waals surface area contributed by atoms with Gasteiger partial charge in [0.05, 0.1) is 11.8 Å². The lowest BCUT2D eigenvalue weighted by molar-refractivity contribution is -0.122. The largest absolute Gasteiger partial charge is 0.355 e. The average Bonchev–Trinajstić information content (AvgIpc) is 2.24. The lowest BCUT2D eigenvalue weighted by Gasteiger charge is -2.11. The third-order valence-electron chi connectivity index (χ3n) is 2.21. The zero-order valence-electron chi connectivity index (χ0n) is 10.4. The van der Waals surface area contributed by atoms with E-state index in [1.165, 1.54) is 0 Å². The summed E-state index contributed by atoms with van der Waals surface area (Å²) in [6.45, 7) is 0.603. The van der Waals surface area contributed by atoms with Crippen LogP contribution in [0.4, 0.5) is 0 Å². The highest BCUT2D eigenvalue weighted by molar-refractivity contribution is 7.98. The summed E-state index contributed by atoms with van der Waals surface area (Å²) in [5.74, 6) is 0.766. The van der Waals surface area contributed by atoms with Crippen LogP contribution in [0, 0.1) is 0 Å². The van der Waals surface area contributed by atoms with Crippen LogP contribution in [0.1, 0.15) is 19.3 Å². The summed E-state index contributed by atoms with van der Waals surface area (Å²) in [6, 6.07) is -0.731. The predicted molar refractivity (Wildman–Crippen MR) is 72.9 cm³/mol. The molecule has 0 aliphatic rings. The third-order valence-corrected chi connectivity index (χ3v) is 3.89. The number of unbranched alkanes of at least 4 members (excludes halogenated alkanes) is 1. The Morgan fingerprint density at radius 1 is 1.41 bits per heavy atom. The Labute approximate surface area is 108 Å². The van der Waals surface area contributed by atoms with Gasteiger partial charge in [0.2, 0.25) is 5.91 Å². The van der Waals surface area contributed by atoms with Gasteiger partial charge in [-0.25, -0.2) is 8.42 Å². The molecule has 102 valence electrons. The second-order valence-corrected chi connectivity index (χ2v) is 7.26. The van der Waals surface area contributed by atoms with E-state index in [-0.39, 0.29) is 18.1 Å². The molecule has 0 aliphatic heterocycles. The van der Waals surface area contributed by atoms with Crippen LogP contribution in [0.3, 0.4) is 0 Å². The molecule has 0 aromatic carbocycles. The van der Waals surface area contributed by atoms with Crippen LogP contribution in [0.2, 0.25) is 0 Å². The molecule has 1 amide bonds. The van der Waals surface area contributed by atoms with E-state index in [0.29, 0.717) is 6.54 Å². The third kappa shape index (κ3) is 10.6. The monoisotopic (exact) mass is 282 g/mol. The van der Waals surface area contributed by atoms with Gasteiger partial charge in [-0.2, -0.15) is 11.8 Å². The van der Waals surface area contributed by atoms with Gasteiger partial charge in [0, 0.05) is 12.8 Å². The molecule has 5 nitrogen and oxygen atoms in total. The summed E-state index contributed by atoms with van der Waals surface area (Å²) in [6.07, 6.45) is 5.33. The molecule has 0 aromatic heterocycles. The van der Waals surface area contributed by atoms with Gasteiger partial charge < -0.3 is 11.1 Å². The van der Waals surface area contributed by atoms with E-state index in [9.17, 15) is 13.2 Å². The van der Waals surface area contributed by atoms with E-state index >= 15 is 0 Å². The zero-order chi connectivity index (χ0) is 13.3. The molecule has 0 rings (SSSR count). The minimum Gasteiger partial charge on any atom is -0.355 e. The molecule has 0 aromatic rings. The Morgan fingerprint density at radius 3 is 2.59 bits per heavy atom. The van der Waals surface area contributed by atoms with Crippen molar-refractivity contribution in [2.45, 2.75) is 25.3 Å². The van der Waals surface area contributed by atoms with Gasteiger partial charge in [-0.15, -0.1) is 0 Å². The van der Waals surface area contributed by atoms with E-state index in [1.807, 2.05) is 6.26 Å². The van der Waals surface area contributed by atoms with Crippen molar-refractivity contribution >= 4 is 27.5 Å². The highest BCUT2D eigenvalue weighted by atomic mass is 32.2. The Kier molecular flexibility index (Phi) is 8.63.